The summed E-state index contributed by atoms with van der Waals surface area (Å²) in [4.78, 5) is 33.1. The van der Waals surface area contributed by atoms with Crippen LogP contribution in [0.5, 0.6) is 0 Å². The summed E-state index contributed by atoms with van der Waals surface area (Å²) in [6, 6.07) is 6.14. The smallest absolute Gasteiger partial charge is 0.410 e. The molecule has 0 radical (unpaired) electrons. The molecule has 4 aliphatic rings. The molecule has 1 saturated carbocycles. The van der Waals surface area contributed by atoms with Gasteiger partial charge in [0.1, 0.15) is 5.60 Å². The van der Waals surface area contributed by atoms with Crippen LogP contribution in [0.15, 0.2) is 18.2 Å². The van der Waals surface area contributed by atoms with Crippen molar-refractivity contribution in [2.75, 3.05) is 39.3 Å². The molecule has 1 aliphatic carbocycles. The monoisotopic (exact) mass is 557 g/mol. The van der Waals surface area contributed by atoms with E-state index in [1.54, 1.807) is 6.07 Å². The highest BCUT2D eigenvalue weighted by Gasteiger charge is 2.50. The zero-order valence-corrected chi connectivity index (χ0v) is 24.9. The van der Waals surface area contributed by atoms with Crippen LogP contribution in [0, 0.1) is 18.8 Å². The quantitative estimate of drug-likeness (QED) is 0.365. The Morgan fingerprint density at radius 3 is 2.44 bits per heavy atom. The number of ether oxygens (including phenoxy) is 1. The van der Waals surface area contributed by atoms with Gasteiger partial charge >= 0.3 is 6.09 Å². The van der Waals surface area contributed by atoms with Crippen molar-refractivity contribution in [3.8, 4) is 0 Å². The number of aryl methyl sites for hydroxylation is 1. The second-order valence-electron chi connectivity index (χ2n) is 12.7. The fourth-order valence-corrected chi connectivity index (χ4v) is 8.04. The van der Waals surface area contributed by atoms with E-state index in [-0.39, 0.29) is 17.6 Å². The predicted octanol–water partition coefficient (Wildman–Crippen LogP) is 6.93. The number of hydrogen-bond acceptors (Lipinski definition) is 4. The molecule has 6 nitrogen and oxygen atoms in total. The second-order valence-corrected chi connectivity index (χ2v) is 13.1. The molecule has 216 valence electrons. The second kappa shape index (κ2) is 12.8. The molecular formula is C32H48ClN3O3. The molecule has 39 heavy (non-hydrogen) atoms. The van der Waals surface area contributed by atoms with Crippen LogP contribution in [-0.4, -0.2) is 77.6 Å². The molecule has 2 amide bonds. The van der Waals surface area contributed by atoms with Crippen LogP contribution in [0.4, 0.5) is 4.79 Å². The zero-order valence-electron chi connectivity index (χ0n) is 24.1. The lowest BCUT2D eigenvalue weighted by Gasteiger charge is -2.52. The lowest BCUT2D eigenvalue weighted by Crippen LogP contribution is -2.61. The number of carbonyl (C=O) groups is 2. The third kappa shape index (κ3) is 6.43. The zero-order chi connectivity index (χ0) is 27.4. The summed E-state index contributed by atoms with van der Waals surface area (Å²) in [5.74, 6) is 1.13. The fourth-order valence-electron chi connectivity index (χ4n) is 7.74. The minimum Gasteiger partial charge on any atom is -0.442 e. The van der Waals surface area contributed by atoms with Crippen LogP contribution < -0.4 is 0 Å². The van der Waals surface area contributed by atoms with Crippen molar-refractivity contribution in [3.05, 3.63) is 34.3 Å². The minimum atomic E-state index is -0.302. The predicted molar refractivity (Wildman–Crippen MR) is 156 cm³/mol. The van der Waals surface area contributed by atoms with Crippen molar-refractivity contribution in [1.29, 1.82) is 0 Å². The van der Waals surface area contributed by atoms with E-state index in [1.807, 2.05) is 24.0 Å². The van der Waals surface area contributed by atoms with E-state index < -0.39 is 0 Å². The van der Waals surface area contributed by atoms with Crippen LogP contribution in [0.3, 0.4) is 0 Å². The van der Waals surface area contributed by atoms with Gasteiger partial charge in [-0.15, -0.1) is 0 Å². The largest absolute Gasteiger partial charge is 0.442 e. The van der Waals surface area contributed by atoms with E-state index in [0.717, 1.165) is 76.9 Å². The van der Waals surface area contributed by atoms with Crippen molar-refractivity contribution in [3.63, 3.8) is 0 Å². The van der Waals surface area contributed by atoms with Gasteiger partial charge in [-0.05, 0) is 56.6 Å². The molecule has 1 aromatic rings. The summed E-state index contributed by atoms with van der Waals surface area (Å²) in [6.07, 6.45) is 13.8. The molecule has 3 saturated heterocycles. The minimum absolute atomic E-state index is 0.0554. The van der Waals surface area contributed by atoms with Gasteiger partial charge in [0.25, 0.3) is 5.91 Å². The normalized spacial score (nSPS) is 25.2. The molecule has 0 bridgehead atoms. The highest BCUT2D eigenvalue weighted by atomic mass is 35.5. The third-order valence-corrected chi connectivity index (χ3v) is 10.5. The summed E-state index contributed by atoms with van der Waals surface area (Å²) < 4.78 is 6.43. The van der Waals surface area contributed by atoms with E-state index in [1.165, 1.54) is 44.9 Å². The first-order valence-electron chi connectivity index (χ1n) is 15.7. The molecule has 1 atom stereocenters. The number of likely N-dealkylation sites (tertiary alicyclic amines) is 2. The maximum Gasteiger partial charge on any atom is 0.410 e. The highest BCUT2D eigenvalue weighted by Crippen LogP contribution is 2.42. The lowest BCUT2D eigenvalue weighted by molar-refractivity contribution is -0.127. The van der Waals surface area contributed by atoms with Crippen LogP contribution in [0.2, 0.25) is 5.02 Å². The molecule has 0 aromatic heterocycles. The molecule has 1 spiro atoms. The maximum absolute atomic E-state index is 13.3. The van der Waals surface area contributed by atoms with Gasteiger partial charge in [0.2, 0.25) is 0 Å². The number of unbranched alkanes of at least 4 members (excludes halogenated alkanes) is 1. The van der Waals surface area contributed by atoms with Crippen LogP contribution in [-0.2, 0) is 4.74 Å². The molecule has 1 aromatic carbocycles. The Labute approximate surface area is 240 Å². The molecule has 0 N–H and O–H groups in total. The number of benzene rings is 1. The van der Waals surface area contributed by atoms with Crippen molar-refractivity contribution >= 4 is 23.6 Å². The Morgan fingerprint density at radius 1 is 1.05 bits per heavy atom. The molecule has 3 aliphatic heterocycles. The average molecular weight is 558 g/mol. The van der Waals surface area contributed by atoms with Crippen molar-refractivity contribution in [2.45, 2.75) is 103 Å². The van der Waals surface area contributed by atoms with Gasteiger partial charge in [-0.2, -0.15) is 0 Å². The molecular weight excluding hydrogens is 510 g/mol. The number of hydrogen-bond donors (Lipinski definition) is 0. The maximum atomic E-state index is 13.3. The molecule has 5 rings (SSSR count). The molecule has 3 heterocycles. The van der Waals surface area contributed by atoms with E-state index >= 15 is 0 Å². The van der Waals surface area contributed by atoms with Crippen molar-refractivity contribution < 1.29 is 14.3 Å². The number of amides is 2. The Hall–Kier alpha value is -1.79. The van der Waals surface area contributed by atoms with Crippen LogP contribution in [0.1, 0.15) is 99.9 Å². The standard InChI is InChI=1S/C32H48ClN3O3/c1-3-4-12-26-23-36(22-25-10-6-5-7-11-25)31(38)39-32(26)16-20-34(21-17-32)27-14-18-35(19-15-27)30(37)29-24(2)9-8-13-28(29)33/h8-9,13,25-27H,3-7,10-12,14-23H2,1-2H3. The summed E-state index contributed by atoms with van der Waals surface area (Å²) in [6.45, 7) is 9.44. The topological polar surface area (TPSA) is 53.1 Å². The fraction of sp³-hybridized carbons (Fsp3) is 0.750. The molecule has 4 fully saturated rings. The van der Waals surface area contributed by atoms with Gasteiger partial charge in [0.05, 0.1) is 10.6 Å². The summed E-state index contributed by atoms with van der Waals surface area (Å²) in [7, 11) is 0. The molecule has 1 unspecified atom stereocenters. The first-order valence-corrected chi connectivity index (χ1v) is 16.0. The first-order chi connectivity index (χ1) is 18.9. The number of nitrogens with zero attached hydrogens (tertiary/aromatic N) is 3. The number of carbonyl (C=O) groups excluding carboxylic acids is 2. The summed E-state index contributed by atoms with van der Waals surface area (Å²) in [5, 5.41) is 0.542. The van der Waals surface area contributed by atoms with Crippen LogP contribution >= 0.6 is 11.6 Å². The number of halogens is 1. The Kier molecular flexibility index (Phi) is 9.43. The van der Waals surface area contributed by atoms with Crippen molar-refractivity contribution in [2.24, 2.45) is 11.8 Å². The molecule has 7 heteroatoms. The highest BCUT2D eigenvalue weighted by molar-refractivity contribution is 6.34. The van der Waals surface area contributed by atoms with Crippen LogP contribution in [0.25, 0.3) is 0 Å². The Balaban J connectivity index is 1.16. The Morgan fingerprint density at radius 2 is 1.77 bits per heavy atom. The van der Waals surface area contributed by atoms with Gasteiger partial charge in [-0.1, -0.05) is 62.8 Å². The van der Waals surface area contributed by atoms with Gasteiger partial charge in [-0.3, -0.25) is 9.69 Å². The first kappa shape index (κ1) is 28.7. The third-order valence-electron chi connectivity index (χ3n) is 10.2. The Bertz CT molecular complexity index is 974. The van der Waals surface area contributed by atoms with Gasteiger partial charge in [-0.25, -0.2) is 4.79 Å². The lowest BCUT2D eigenvalue weighted by atomic mass is 9.75. The summed E-state index contributed by atoms with van der Waals surface area (Å²) in [5.41, 5.74) is 1.28. The van der Waals surface area contributed by atoms with E-state index in [9.17, 15) is 9.59 Å². The van der Waals surface area contributed by atoms with E-state index in [4.69, 9.17) is 16.3 Å². The van der Waals surface area contributed by atoms with Crippen molar-refractivity contribution in [1.82, 2.24) is 14.7 Å². The van der Waals surface area contributed by atoms with Gasteiger partial charge in [0, 0.05) is 64.1 Å². The SMILES string of the molecule is CCCCC1CN(CC2CCCCC2)C(=O)OC12CCN(C1CCN(C(=O)c3c(C)cccc3Cl)CC1)CC2. The van der Waals surface area contributed by atoms with E-state index in [0.29, 0.717) is 28.5 Å². The number of rotatable bonds is 7. The summed E-state index contributed by atoms with van der Waals surface area (Å²) >= 11 is 6.38. The van der Waals surface area contributed by atoms with Gasteiger partial charge < -0.3 is 14.5 Å². The van der Waals surface area contributed by atoms with Gasteiger partial charge in [0.15, 0.2) is 0 Å². The number of piperidine rings is 2. The average Bonchev–Trinajstić information content (AvgIpc) is 2.95. The van der Waals surface area contributed by atoms with E-state index in [2.05, 4.69) is 16.7 Å².